The molecule has 5 nitrogen and oxygen atoms in total. The zero-order chi connectivity index (χ0) is 24.0. The highest BCUT2D eigenvalue weighted by Crippen LogP contribution is 2.30. The summed E-state index contributed by atoms with van der Waals surface area (Å²) in [5, 5.41) is 0.786. The third-order valence-corrected chi connectivity index (χ3v) is 6.94. The Morgan fingerprint density at radius 2 is 1.76 bits per heavy atom. The van der Waals surface area contributed by atoms with Crippen molar-refractivity contribution in [1.82, 2.24) is 9.55 Å². The molecule has 0 saturated carbocycles. The number of hydrogen-bond donors (Lipinski definition) is 0. The lowest BCUT2D eigenvalue weighted by Gasteiger charge is -2.13. The average molecular weight is 453 g/mol. The first kappa shape index (κ1) is 22.1. The summed E-state index contributed by atoms with van der Waals surface area (Å²) in [6.45, 7) is 7.79. The average Bonchev–Trinajstić information content (AvgIpc) is 3.41. The van der Waals surface area contributed by atoms with Crippen LogP contribution in [-0.2, 0) is 17.6 Å². The first-order valence-corrected chi connectivity index (χ1v) is 11.7. The van der Waals surface area contributed by atoms with Crippen LogP contribution in [0.2, 0.25) is 0 Å². The minimum atomic E-state index is -0.451. The van der Waals surface area contributed by atoms with Gasteiger partial charge in [0.1, 0.15) is 0 Å². The number of nitrogens with zero attached hydrogens (tertiary/aromatic N) is 2. The Bertz CT molecular complexity index is 1460. The van der Waals surface area contributed by atoms with Gasteiger partial charge < -0.3 is 9.30 Å². The number of para-hydroxylation sites is 1. The summed E-state index contributed by atoms with van der Waals surface area (Å²) in [5.41, 5.74) is 9.11. The molecule has 5 rings (SSSR count). The summed E-state index contributed by atoms with van der Waals surface area (Å²) >= 11 is 0. The van der Waals surface area contributed by atoms with E-state index in [9.17, 15) is 9.59 Å². The van der Waals surface area contributed by atoms with Crippen molar-refractivity contribution in [1.29, 1.82) is 0 Å². The van der Waals surface area contributed by atoms with Gasteiger partial charge in [-0.1, -0.05) is 24.3 Å². The second kappa shape index (κ2) is 8.56. The number of hydrogen-bond acceptors (Lipinski definition) is 4. The molecule has 1 aliphatic carbocycles. The van der Waals surface area contributed by atoms with Crippen LogP contribution < -0.4 is 0 Å². The summed E-state index contributed by atoms with van der Waals surface area (Å²) in [4.78, 5) is 31.0. The maximum atomic E-state index is 13.2. The van der Waals surface area contributed by atoms with E-state index >= 15 is 0 Å². The molecule has 0 radical (unpaired) electrons. The van der Waals surface area contributed by atoms with Crippen LogP contribution in [0, 0.1) is 27.7 Å². The second-order valence-corrected chi connectivity index (χ2v) is 9.17. The minimum Gasteiger partial charge on any atom is -0.454 e. The maximum absolute atomic E-state index is 13.2. The fourth-order valence-corrected chi connectivity index (χ4v) is 5.03. The number of Topliss-reactive ketones (excluding diaryl/α,β-unsaturated/α-hetero) is 1. The molecule has 0 fully saturated rings. The highest BCUT2D eigenvalue weighted by atomic mass is 16.5. The Balaban J connectivity index is 1.41. The molecule has 2 heterocycles. The SMILES string of the molecule is Cc1ccc(-n2c(C)cc(C(=O)COC(=O)c3c4c(nc5ccccc35)CCC4)c2C)cc1C. The van der Waals surface area contributed by atoms with E-state index in [4.69, 9.17) is 9.72 Å². The van der Waals surface area contributed by atoms with Gasteiger partial charge in [0.25, 0.3) is 0 Å². The smallest absolute Gasteiger partial charge is 0.339 e. The molecule has 0 amide bonds. The fourth-order valence-electron chi connectivity index (χ4n) is 5.03. The van der Waals surface area contributed by atoms with Crippen LogP contribution in [0.25, 0.3) is 16.6 Å². The number of carbonyl (C=O) groups excluding carboxylic acids is 2. The van der Waals surface area contributed by atoms with Crippen LogP contribution in [0.3, 0.4) is 0 Å². The Labute approximate surface area is 199 Å². The van der Waals surface area contributed by atoms with Gasteiger partial charge in [0, 0.05) is 33.7 Å². The van der Waals surface area contributed by atoms with Crippen molar-refractivity contribution in [2.75, 3.05) is 6.61 Å². The number of aromatic nitrogens is 2. The Hall–Kier alpha value is -3.73. The second-order valence-electron chi connectivity index (χ2n) is 9.17. The molecule has 1 aliphatic rings. The number of ether oxygens (including phenoxy) is 1. The lowest BCUT2D eigenvalue weighted by atomic mass is 10.0. The lowest BCUT2D eigenvalue weighted by Crippen LogP contribution is -2.17. The largest absolute Gasteiger partial charge is 0.454 e. The van der Waals surface area contributed by atoms with E-state index < -0.39 is 5.97 Å². The van der Waals surface area contributed by atoms with Crippen molar-refractivity contribution in [3.8, 4) is 5.69 Å². The minimum absolute atomic E-state index is 0.202. The number of fused-ring (bicyclic) bond motifs is 2. The van der Waals surface area contributed by atoms with Crippen LogP contribution in [0.1, 0.15) is 60.9 Å². The molecule has 0 saturated heterocycles. The number of esters is 1. The third kappa shape index (κ3) is 3.71. The summed E-state index contributed by atoms with van der Waals surface area (Å²) in [7, 11) is 0. The highest BCUT2D eigenvalue weighted by molar-refractivity contribution is 6.07. The van der Waals surface area contributed by atoms with E-state index in [-0.39, 0.29) is 12.4 Å². The van der Waals surface area contributed by atoms with E-state index in [1.165, 1.54) is 11.1 Å². The summed E-state index contributed by atoms with van der Waals surface area (Å²) < 4.78 is 7.67. The first-order valence-electron chi connectivity index (χ1n) is 11.7. The molecule has 0 N–H and O–H groups in total. The number of aryl methyl sites for hydroxylation is 4. The monoisotopic (exact) mass is 452 g/mol. The van der Waals surface area contributed by atoms with Gasteiger partial charge in [-0.05, 0) is 87.9 Å². The molecule has 2 aromatic carbocycles. The summed E-state index contributed by atoms with van der Waals surface area (Å²) in [5.74, 6) is -0.653. The molecule has 172 valence electrons. The maximum Gasteiger partial charge on any atom is 0.339 e. The molecule has 0 unspecified atom stereocenters. The van der Waals surface area contributed by atoms with Crippen molar-refractivity contribution in [2.24, 2.45) is 0 Å². The summed E-state index contributed by atoms with van der Waals surface area (Å²) in [6, 6.07) is 15.8. The van der Waals surface area contributed by atoms with E-state index in [0.29, 0.717) is 11.1 Å². The molecule has 0 bridgehead atoms. The van der Waals surface area contributed by atoms with Gasteiger partial charge in [0.15, 0.2) is 6.61 Å². The predicted octanol–water partition coefficient (Wildman–Crippen LogP) is 5.79. The van der Waals surface area contributed by atoms with Gasteiger partial charge in [-0.15, -0.1) is 0 Å². The van der Waals surface area contributed by atoms with Gasteiger partial charge >= 0.3 is 5.97 Å². The van der Waals surface area contributed by atoms with Crippen LogP contribution in [-0.4, -0.2) is 27.9 Å². The van der Waals surface area contributed by atoms with Crippen LogP contribution in [0.4, 0.5) is 0 Å². The zero-order valence-electron chi connectivity index (χ0n) is 20.1. The quantitative estimate of drug-likeness (QED) is 0.284. The Morgan fingerprint density at radius 3 is 2.56 bits per heavy atom. The fraction of sp³-hybridized carbons (Fsp3) is 0.276. The third-order valence-electron chi connectivity index (χ3n) is 6.94. The number of rotatable bonds is 5. The Morgan fingerprint density at radius 1 is 0.971 bits per heavy atom. The number of carbonyl (C=O) groups is 2. The van der Waals surface area contributed by atoms with Crippen molar-refractivity contribution < 1.29 is 14.3 Å². The van der Waals surface area contributed by atoms with Crippen molar-refractivity contribution in [3.05, 3.63) is 93.4 Å². The van der Waals surface area contributed by atoms with Gasteiger partial charge in [-0.3, -0.25) is 9.78 Å². The normalized spacial score (nSPS) is 12.7. The van der Waals surface area contributed by atoms with Crippen molar-refractivity contribution >= 4 is 22.7 Å². The number of pyridine rings is 1. The van der Waals surface area contributed by atoms with Gasteiger partial charge in [-0.25, -0.2) is 4.79 Å². The van der Waals surface area contributed by atoms with Crippen LogP contribution in [0.15, 0.2) is 48.5 Å². The van der Waals surface area contributed by atoms with E-state index in [1.807, 2.05) is 44.2 Å². The van der Waals surface area contributed by atoms with E-state index in [0.717, 1.165) is 58.5 Å². The van der Waals surface area contributed by atoms with E-state index in [2.05, 4.69) is 36.6 Å². The number of ketones is 1. The highest BCUT2D eigenvalue weighted by Gasteiger charge is 2.26. The van der Waals surface area contributed by atoms with E-state index in [1.54, 1.807) is 0 Å². The topological polar surface area (TPSA) is 61.2 Å². The zero-order valence-corrected chi connectivity index (χ0v) is 20.1. The van der Waals surface area contributed by atoms with Crippen molar-refractivity contribution in [3.63, 3.8) is 0 Å². The standard InChI is InChI=1S/C29H28N2O3/c1-17-12-13-21(14-18(17)2)31-19(3)15-24(20(31)4)27(32)16-34-29(33)28-22-8-5-6-10-25(22)30-26-11-7-9-23(26)28/h5-6,8,10,12-15H,7,9,11,16H2,1-4H3. The predicted molar refractivity (Wildman–Crippen MR) is 133 cm³/mol. The number of benzene rings is 2. The molecule has 0 aliphatic heterocycles. The van der Waals surface area contributed by atoms with Crippen LogP contribution >= 0.6 is 0 Å². The van der Waals surface area contributed by atoms with Gasteiger partial charge in [0.2, 0.25) is 5.78 Å². The van der Waals surface area contributed by atoms with Crippen LogP contribution in [0.5, 0.6) is 0 Å². The molecule has 4 aromatic rings. The van der Waals surface area contributed by atoms with Crippen molar-refractivity contribution in [2.45, 2.75) is 47.0 Å². The molecule has 0 atom stereocenters. The molecule has 34 heavy (non-hydrogen) atoms. The van der Waals surface area contributed by atoms with Gasteiger partial charge in [-0.2, -0.15) is 0 Å². The molecular weight excluding hydrogens is 424 g/mol. The molecule has 0 spiro atoms. The van der Waals surface area contributed by atoms with Gasteiger partial charge in [0.05, 0.1) is 11.1 Å². The molecular formula is C29H28N2O3. The first-order chi connectivity index (χ1) is 16.3. The molecule has 2 aromatic heterocycles. The lowest BCUT2D eigenvalue weighted by molar-refractivity contribution is 0.0475. The summed E-state index contributed by atoms with van der Waals surface area (Å²) in [6.07, 6.45) is 2.65. The molecule has 5 heteroatoms. The Kier molecular flexibility index (Phi) is 5.56.